The van der Waals surface area contributed by atoms with E-state index in [2.05, 4.69) is 30.9 Å². The summed E-state index contributed by atoms with van der Waals surface area (Å²) in [5, 5.41) is 0. The van der Waals surface area contributed by atoms with Crippen LogP contribution in [0, 0.1) is 19.8 Å². The second-order valence-corrected chi connectivity index (χ2v) is 4.90. The van der Waals surface area contributed by atoms with Crippen LogP contribution in [-0.4, -0.2) is 26.7 Å². The van der Waals surface area contributed by atoms with Gasteiger partial charge < -0.3 is 15.4 Å². The molecule has 1 aliphatic heterocycles. The Labute approximate surface area is 104 Å². The number of nitrogens with zero attached hydrogens (tertiary/aromatic N) is 1. The first-order chi connectivity index (χ1) is 8.17. The van der Waals surface area contributed by atoms with E-state index in [0.717, 1.165) is 25.4 Å². The van der Waals surface area contributed by atoms with Gasteiger partial charge in [0.15, 0.2) is 0 Å². The van der Waals surface area contributed by atoms with Gasteiger partial charge in [0.05, 0.1) is 12.8 Å². The molecule has 0 saturated carbocycles. The van der Waals surface area contributed by atoms with E-state index in [1.165, 1.54) is 23.2 Å². The van der Waals surface area contributed by atoms with Gasteiger partial charge in [-0.25, -0.2) is 0 Å². The second-order valence-electron chi connectivity index (χ2n) is 4.90. The zero-order valence-electron chi connectivity index (χ0n) is 11.0. The molecule has 1 aliphatic rings. The molecule has 1 saturated heterocycles. The molecule has 1 unspecified atom stereocenters. The molecule has 1 fully saturated rings. The average molecular weight is 234 g/mol. The van der Waals surface area contributed by atoms with Crippen LogP contribution in [0.15, 0.2) is 12.1 Å². The minimum atomic E-state index is 0.626. The lowest BCUT2D eigenvalue weighted by molar-refractivity contribution is 0.411. The maximum atomic E-state index is 5.74. The Hall–Kier alpha value is -1.22. The fourth-order valence-electron chi connectivity index (χ4n) is 2.53. The zero-order chi connectivity index (χ0) is 12.4. The first kappa shape index (κ1) is 12.2. The van der Waals surface area contributed by atoms with E-state index in [1.807, 2.05) is 0 Å². The van der Waals surface area contributed by atoms with Gasteiger partial charge in [-0.2, -0.15) is 0 Å². The SMILES string of the molecule is COc1c(N2CCC(CN)C2)ccc(C)c1C. The van der Waals surface area contributed by atoms with Crippen molar-refractivity contribution in [3.63, 3.8) is 0 Å². The van der Waals surface area contributed by atoms with Crippen molar-refractivity contribution in [1.82, 2.24) is 0 Å². The fourth-order valence-corrected chi connectivity index (χ4v) is 2.53. The number of anilines is 1. The monoisotopic (exact) mass is 234 g/mol. The molecule has 0 radical (unpaired) electrons. The van der Waals surface area contributed by atoms with Crippen molar-refractivity contribution < 1.29 is 4.74 Å². The molecule has 0 bridgehead atoms. The molecule has 0 aliphatic carbocycles. The van der Waals surface area contributed by atoms with Crippen molar-refractivity contribution in [2.75, 3.05) is 31.6 Å². The lowest BCUT2D eigenvalue weighted by atomic mass is 10.1. The standard InChI is InChI=1S/C14H22N2O/c1-10-4-5-13(14(17-3)11(10)2)16-7-6-12(8-15)9-16/h4-5,12H,6-9,15H2,1-3H3. The Morgan fingerprint density at radius 2 is 2.18 bits per heavy atom. The molecule has 2 rings (SSSR count). The molecule has 3 heteroatoms. The molecule has 0 spiro atoms. The molecule has 0 amide bonds. The highest BCUT2D eigenvalue weighted by molar-refractivity contribution is 5.64. The average Bonchev–Trinajstić information content (AvgIpc) is 2.81. The number of benzene rings is 1. The van der Waals surface area contributed by atoms with Gasteiger partial charge in [-0.05, 0) is 49.9 Å². The van der Waals surface area contributed by atoms with Gasteiger partial charge >= 0.3 is 0 Å². The van der Waals surface area contributed by atoms with E-state index in [0.29, 0.717) is 5.92 Å². The molecule has 1 aromatic carbocycles. The topological polar surface area (TPSA) is 38.5 Å². The predicted octanol–water partition coefficient (Wildman–Crippen LogP) is 2.10. The summed E-state index contributed by atoms with van der Waals surface area (Å²) in [4.78, 5) is 2.39. The summed E-state index contributed by atoms with van der Waals surface area (Å²) < 4.78 is 5.57. The molecule has 1 aromatic rings. The van der Waals surface area contributed by atoms with Crippen LogP contribution in [0.3, 0.4) is 0 Å². The minimum absolute atomic E-state index is 0.626. The molecule has 1 atom stereocenters. The van der Waals surface area contributed by atoms with E-state index in [1.54, 1.807) is 7.11 Å². The third kappa shape index (κ3) is 2.25. The van der Waals surface area contributed by atoms with E-state index in [-0.39, 0.29) is 0 Å². The Morgan fingerprint density at radius 3 is 2.76 bits per heavy atom. The fraction of sp³-hybridized carbons (Fsp3) is 0.571. The van der Waals surface area contributed by atoms with Gasteiger partial charge in [0.1, 0.15) is 5.75 Å². The van der Waals surface area contributed by atoms with Crippen molar-refractivity contribution in [3.8, 4) is 5.75 Å². The minimum Gasteiger partial charge on any atom is -0.494 e. The van der Waals surface area contributed by atoms with Gasteiger partial charge in [0, 0.05) is 13.1 Å². The third-order valence-corrected chi connectivity index (χ3v) is 3.82. The van der Waals surface area contributed by atoms with Gasteiger partial charge in [0.2, 0.25) is 0 Å². The van der Waals surface area contributed by atoms with Gasteiger partial charge in [-0.1, -0.05) is 6.07 Å². The number of methoxy groups -OCH3 is 1. The number of aryl methyl sites for hydroxylation is 1. The zero-order valence-corrected chi connectivity index (χ0v) is 11.0. The summed E-state index contributed by atoms with van der Waals surface area (Å²) in [6.07, 6.45) is 1.19. The maximum absolute atomic E-state index is 5.74. The van der Waals surface area contributed by atoms with E-state index in [9.17, 15) is 0 Å². The van der Waals surface area contributed by atoms with Crippen LogP contribution in [-0.2, 0) is 0 Å². The summed E-state index contributed by atoms with van der Waals surface area (Å²) in [6.45, 7) is 7.15. The third-order valence-electron chi connectivity index (χ3n) is 3.82. The Bertz CT molecular complexity index is 403. The number of hydrogen-bond donors (Lipinski definition) is 1. The molecule has 94 valence electrons. The number of hydrogen-bond acceptors (Lipinski definition) is 3. The van der Waals surface area contributed by atoms with Crippen molar-refractivity contribution in [2.24, 2.45) is 11.7 Å². The Morgan fingerprint density at radius 1 is 1.41 bits per heavy atom. The number of rotatable bonds is 3. The number of ether oxygens (including phenoxy) is 1. The quantitative estimate of drug-likeness (QED) is 0.870. The highest BCUT2D eigenvalue weighted by Crippen LogP contribution is 2.36. The van der Waals surface area contributed by atoms with Crippen molar-refractivity contribution >= 4 is 5.69 Å². The molecule has 0 aromatic heterocycles. The summed E-state index contributed by atoms with van der Waals surface area (Å²) in [7, 11) is 1.75. The van der Waals surface area contributed by atoms with Crippen LogP contribution in [0.25, 0.3) is 0 Å². The number of nitrogens with two attached hydrogens (primary N) is 1. The van der Waals surface area contributed by atoms with Crippen LogP contribution in [0.5, 0.6) is 5.75 Å². The largest absolute Gasteiger partial charge is 0.494 e. The van der Waals surface area contributed by atoms with E-state index >= 15 is 0 Å². The summed E-state index contributed by atoms with van der Waals surface area (Å²) in [5.41, 5.74) is 9.47. The molecule has 2 N–H and O–H groups in total. The molecule has 17 heavy (non-hydrogen) atoms. The van der Waals surface area contributed by atoms with Crippen LogP contribution in [0.2, 0.25) is 0 Å². The summed E-state index contributed by atoms with van der Waals surface area (Å²) in [6, 6.07) is 4.34. The van der Waals surface area contributed by atoms with Crippen molar-refractivity contribution in [2.45, 2.75) is 20.3 Å². The summed E-state index contributed by atoms with van der Waals surface area (Å²) >= 11 is 0. The highest BCUT2D eigenvalue weighted by Gasteiger charge is 2.24. The Balaban J connectivity index is 2.30. The second kappa shape index (κ2) is 4.96. The first-order valence-electron chi connectivity index (χ1n) is 6.26. The predicted molar refractivity (Wildman–Crippen MR) is 71.8 cm³/mol. The van der Waals surface area contributed by atoms with Crippen molar-refractivity contribution in [1.29, 1.82) is 0 Å². The van der Waals surface area contributed by atoms with Crippen LogP contribution in [0.4, 0.5) is 5.69 Å². The van der Waals surface area contributed by atoms with Crippen LogP contribution < -0.4 is 15.4 Å². The first-order valence-corrected chi connectivity index (χ1v) is 6.26. The molecule has 1 heterocycles. The molecular weight excluding hydrogens is 212 g/mol. The lowest BCUT2D eigenvalue weighted by Gasteiger charge is -2.23. The van der Waals surface area contributed by atoms with Crippen LogP contribution in [0.1, 0.15) is 17.5 Å². The van der Waals surface area contributed by atoms with Gasteiger partial charge in [-0.3, -0.25) is 0 Å². The molecular formula is C14H22N2O. The summed E-state index contributed by atoms with van der Waals surface area (Å²) in [5.74, 6) is 1.64. The van der Waals surface area contributed by atoms with Crippen molar-refractivity contribution in [3.05, 3.63) is 23.3 Å². The normalized spacial score (nSPS) is 19.8. The van der Waals surface area contributed by atoms with Gasteiger partial charge in [0.25, 0.3) is 0 Å². The lowest BCUT2D eigenvalue weighted by Crippen LogP contribution is -2.23. The maximum Gasteiger partial charge on any atom is 0.145 e. The van der Waals surface area contributed by atoms with E-state index in [4.69, 9.17) is 10.5 Å². The highest BCUT2D eigenvalue weighted by atomic mass is 16.5. The van der Waals surface area contributed by atoms with Crippen LogP contribution >= 0.6 is 0 Å². The van der Waals surface area contributed by atoms with E-state index < -0.39 is 0 Å². The Kier molecular flexibility index (Phi) is 3.57. The van der Waals surface area contributed by atoms with Gasteiger partial charge in [-0.15, -0.1) is 0 Å². The molecule has 3 nitrogen and oxygen atoms in total. The smallest absolute Gasteiger partial charge is 0.145 e.